The van der Waals surface area contributed by atoms with Crippen LogP contribution in [-0.2, 0) is 0 Å². The van der Waals surface area contributed by atoms with Crippen LogP contribution in [0.25, 0.3) is 88.3 Å². The van der Waals surface area contributed by atoms with Crippen molar-refractivity contribution < 1.29 is 4.42 Å². The molecule has 0 spiro atoms. The molecule has 2 nitrogen and oxygen atoms in total. The lowest BCUT2D eigenvalue weighted by molar-refractivity contribution is 0.669. The van der Waals surface area contributed by atoms with Crippen LogP contribution in [0.15, 0.2) is 241 Å². The van der Waals surface area contributed by atoms with E-state index in [2.05, 4.69) is 229 Å². The summed E-state index contributed by atoms with van der Waals surface area (Å²) >= 11 is 0. The van der Waals surface area contributed by atoms with Crippen LogP contribution in [-0.4, -0.2) is 0 Å². The highest BCUT2D eigenvalue weighted by atomic mass is 16.3. The first-order chi connectivity index (χ1) is 29.7. The molecule has 282 valence electrons. The largest absolute Gasteiger partial charge is 0.456 e. The van der Waals surface area contributed by atoms with Crippen LogP contribution in [0.2, 0.25) is 0 Å². The molecule has 0 amide bonds. The van der Waals surface area contributed by atoms with Gasteiger partial charge in [-0.2, -0.15) is 0 Å². The van der Waals surface area contributed by atoms with Gasteiger partial charge in [0.25, 0.3) is 0 Å². The number of anilines is 3. The van der Waals surface area contributed by atoms with Crippen molar-refractivity contribution in [1.29, 1.82) is 0 Å². The van der Waals surface area contributed by atoms with Gasteiger partial charge in [-0.25, -0.2) is 0 Å². The van der Waals surface area contributed by atoms with E-state index in [-0.39, 0.29) is 0 Å². The number of hydrogen-bond acceptors (Lipinski definition) is 2. The number of para-hydroxylation sites is 2. The summed E-state index contributed by atoms with van der Waals surface area (Å²) in [5.74, 6) is 0. The topological polar surface area (TPSA) is 16.4 Å². The standard InChI is InChI=1S/C58H39NO/c1-2-13-40(14-3-1)46-18-11-20-49(39-46)52-21-6-8-24-55(52)59(51-35-31-43(32-36-51)53-23-12-26-57-58(53)54-22-7-9-25-56(54)60-57)50-33-29-42(30-34-50)45-17-10-19-47(37-45)48-28-27-41-15-4-5-16-44(41)38-48/h1-39H. The fourth-order valence-electron chi connectivity index (χ4n) is 8.69. The zero-order valence-electron chi connectivity index (χ0n) is 32.9. The first-order valence-electron chi connectivity index (χ1n) is 20.5. The average molecular weight is 766 g/mol. The minimum absolute atomic E-state index is 0.897. The molecular formula is C58H39NO. The molecule has 1 heterocycles. The summed E-state index contributed by atoms with van der Waals surface area (Å²) in [6.07, 6.45) is 0. The number of hydrogen-bond donors (Lipinski definition) is 0. The van der Waals surface area contributed by atoms with Crippen molar-refractivity contribution in [3.63, 3.8) is 0 Å². The molecule has 2 heteroatoms. The molecule has 0 radical (unpaired) electrons. The van der Waals surface area contributed by atoms with E-state index in [1.54, 1.807) is 0 Å². The molecule has 0 atom stereocenters. The minimum atomic E-state index is 0.897. The zero-order chi connectivity index (χ0) is 39.8. The molecule has 60 heavy (non-hydrogen) atoms. The van der Waals surface area contributed by atoms with Gasteiger partial charge in [0.05, 0.1) is 5.69 Å². The smallest absolute Gasteiger partial charge is 0.136 e. The molecule has 0 fully saturated rings. The van der Waals surface area contributed by atoms with Gasteiger partial charge in [-0.1, -0.05) is 176 Å². The van der Waals surface area contributed by atoms with Gasteiger partial charge in [0.1, 0.15) is 11.2 Å². The van der Waals surface area contributed by atoms with Gasteiger partial charge in [-0.15, -0.1) is 0 Å². The quantitative estimate of drug-likeness (QED) is 0.153. The van der Waals surface area contributed by atoms with Gasteiger partial charge >= 0.3 is 0 Å². The first kappa shape index (κ1) is 35.2. The third-order valence-electron chi connectivity index (χ3n) is 11.7. The summed E-state index contributed by atoms with van der Waals surface area (Å²) in [6, 6.07) is 84.9. The van der Waals surface area contributed by atoms with Crippen molar-refractivity contribution in [2.24, 2.45) is 0 Å². The van der Waals surface area contributed by atoms with Crippen molar-refractivity contribution in [3.8, 4) is 55.6 Å². The molecule has 0 bridgehead atoms. The Labute approximate surface area is 349 Å². The van der Waals surface area contributed by atoms with Gasteiger partial charge < -0.3 is 9.32 Å². The molecular weight excluding hydrogens is 727 g/mol. The Kier molecular flexibility index (Phi) is 8.87. The van der Waals surface area contributed by atoms with E-state index in [0.717, 1.165) is 61.3 Å². The molecule has 1 aromatic heterocycles. The van der Waals surface area contributed by atoms with Gasteiger partial charge in [-0.3, -0.25) is 0 Å². The first-order valence-corrected chi connectivity index (χ1v) is 20.5. The second-order valence-electron chi connectivity index (χ2n) is 15.3. The predicted molar refractivity (Wildman–Crippen MR) is 253 cm³/mol. The molecule has 11 aromatic rings. The Morgan fingerprint density at radius 2 is 0.783 bits per heavy atom. The fourth-order valence-corrected chi connectivity index (χ4v) is 8.69. The summed E-state index contributed by atoms with van der Waals surface area (Å²) in [5, 5.41) is 4.77. The van der Waals surface area contributed by atoms with Gasteiger partial charge in [0, 0.05) is 27.7 Å². The number of furan rings is 1. The molecule has 0 aliphatic heterocycles. The van der Waals surface area contributed by atoms with E-state index in [9.17, 15) is 0 Å². The van der Waals surface area contributed by atoms with E-state index in [1.807, 2.05) is 12.1 Å². The van der Waals surface area contributed by atoms with Crippen LogP contribution in [0.4, 0.5) is 17.1 Å². The van der Waals surface area contributed by atoms with Crippen molar-refractivity contribution in [2.75, 3.05) is 4.90 Å². The lowest BCUT2D eigenvalue weighted by Crippen LogP contribution is -2.11. The van der Waals surface area contributed by atoms with E-state index in [0.29, 0.717) is 0 Å². The average Bonchev–Trinajstić information content (AvgIpc) is 3.72. The Hall–Kier alpha value is -7.94. The Bertz CT molecular complexity index is 3310. The van der Waals surface area contributed by atoms with E-state index >= 15 is 0 Å². The third-order valence-corrected chi connectivity index (χ3v) is 11.7. The molecule has 0 N–H and O–H groups in total. The minimum Gasteiger partial charge on any atom is -0.456 e. The lowest BCUT2D eigenvalue weighted by Gasteiger charge is -2.28. The molecule has 10 aromatic carbocycles. The molecule has 0 aliphatic rings. The molecule has 0 saturated heterocycles. The second kappa shape index (κ2) is 15.1. The van der Waals surface area contributed by atoms with Crippen LogP contribution in [0.1, 0.15) is 0 Å². The van der Waals surface area contributed by atoms with E-state index in [1.165, 1.54) is 44.2 Å². The highest BCUT2D eigenvalue weighted by Gasteiger charge is 2.19. The number of rotatable bonds is 8. The molecule has 11 rings (SSSR count). The van der Waals surface area contributed by atoms with Crippen LogP contribution in [0, 0.1) is 0 Å². The summed E-state index contributed by atoms with van der Waals surface area (Å²) in [5.41, 5.74) is 16.8. The van der Waals surface area contributed by atoms with Crippen molar-refractivity contribution in [3.05, 3.63) is 237 Å². The summed E-state index contributed by atoms with van der Waals surface area (Å²) in [4.78, 5) is 2.39. The van der Waals surface area contributed by atoms with Crippen molar-refractivity contribution >= 4 is 49.8 Å². The van der Waals surface area contributed by atoms with E-state index in [4.69, 9.17) is 4.42 Å². The molecule has 0 saturated carbocycles. The highest BCUT2D eigenvalue weighted by molar-refractivity contribution is 6.12. The van der Waals surface area contributed by atoms with Crippen LogP contribution in [0.3, 0.4) is 0 Å². The van der Waals surface area contributed by atoms with Gasteiger partial charge in [-0.05, 0) is 122 Å². The predicted octanol–water partition coefficient (Wildman–Crippen LogP) is 16.5. The normalized spacial score (nSPS) is 11.3. The van der Waals surface area contributed by atoms with Crippen LogP contribution in [0.5, 0.6) is 0 Å². The maximum Gasteiger partial charge on any atom is 0.136 e. The SMILES string of the molecule is c1ccc(-c2cccc(-c3ccccc3N(c3ccc(-c4cccc(-c5ccc6ccccc6c5)c4)cc3)c3ccc(-c4cccc5oc6ccccc6c45)cc3)c2)cc1. The molecule has 0 aliphatic carbocycles. The number of benzene rings is 10. The van der Waals surface area contributed by atoms with E-state index < -0.39 is 0 Å². The highest BCUT2D eigenvalue weighted by Crippen LogP contribution is 2.44. The maximum atomic E-state index is 6.26. The zero-order valence-corrected chi connectivity index (χ0v) is 32.9. The molecule has 0 unspecified atom stereocenters. The maximum absolute atomic E-state index is 6.26. The van der Waals surface area contributed by atoms with Crippen molar-refractivity contribution in [1.82, 2.24) is 0 Å². The summed E-state index contributed by atoms with van der Waals surface area (Å²) in [6.45, 7) is 0. The summed E-state index contributed by atoms with van der Waals surface area (Å²) < 4.78 is 6.26. The number of fused-ring (bicyclic) bond motifs is 4. The van der Waals surface area contributed by atoms with Gasteiger partial charge in [0.15, 0.2) is 0 Å². The lowest BCUT2D eigenvalue weighted by atomic mass is 9.96. The van der Waals surface area contributed by atoms with Gasteiger partial charge in [0.2, 0.25) is 0 Å². The third kappa shape index (κ3) is 6.51. The Morgan fingerprint density at radius 1 is 0.283 bits per heavy atom. The fraction of sp³-hybridized carbons (Fsp3) is 0. The summed E-state index contributed by atoms with van der Waals surface area (Å²) in [7, 11) is 0. The monoisotopic (exact) mass is 765 g/mol. The number of nitrogens with zero attached hydrogens (tertiary/aromatic N) is 1. The van der Waals surface area contributed by atoms with Crippen molar-refractivity contribution in [2.45, 2.75) is 0 Å². The second-order valence-corrected chi connectivity index (χ2v) is 15.3. The Balaban J connectivity index is 1.01. The van der Waals surface area contributed by atoms with Crippen LogP contribution < -0.4 is 4.90 Å². The Morgan fingerprint density at radius 3 is 1.57 bits per heavy atom. The van der Waals surface area contributed by atoms with Crippen LogP contribution >= 0.6 is 0 Å².